The highest BCUT2D eigenvalue weighted by atomic mass is 16.5. The molecule has 0 saturated carbocycles. The van der Waals surface area contributed by atoms with Crippen LogP contribution < -0.4 is 10.1 Å². The van der Waals surface area contributed by atoms with E-state index in [1.165, 1.54) is 7.11 Å². The van der Waals surface area contributed by atoms with Crippen molar-refractivity contribution < 1.29 is 19.8 Å². The first-order valence-corrected chi connectivity index (χ1v) is 6.37. The fourth-order valence-electron chi connectivity index (χ4n) is 2.38. The number of carbonyl (C=O) groups excluding carboxylic acids is 1. The zero-order valence-corrected chi connectivity index (χ0v) is 11.3. The van der Waals surface area contributed by atoms with Crippen molar-refractivity contribution >= 4 is 11.6 Å². The van der Waals surface area contributed by atoms with Crippen LogP contribution in [0.2, 0.25) is 0 Å². The first-order chi connectivity index (χ1) is 10.1. The maximum Gasteiger partial charge on any atom is 0.281 e. The molecule has 21 heavy (non-hydrogen) atoms. The van der Waals surface area contributed by atoms with Crippen molar-refractivity contribution in [3.05, 3.63) is 53.6 Å². The molecule has 3 N–H and O–H groups in total. The maximum atomic E-state index is 12.2. The second-order valence-electron chi connectivity index (χ2n) is 4.64. The highest BCUT2D eigenvalue weighted by Gasteiger charge is 2.33. The third-order valence-corrected chi connectivity index (χ3v) is 3.45. The molecule has 6 heteroatoms. The summed E-state index contributed by atoms with van der Waals surface area (Å²) in [6.45, 7) is 0. The Balaban J connectivity index is 2.07. The number of rotatable bonds is 2. The van der Waals surface area contributed by atoms with Gasteiger partial charge in [0.1, 0.15) is 0 Å². The van der Waals surface area contributed by atoms with E-state index in [1.807, 2.05) is 0 Å². The standard InChI is InChI=1S/C15H14N2O4/c1-21-12-8-4-6-10(13(12)18)14-16-11-7-3-2-5-9(11)15(19)17(14)20/h2-8,14,16,18,20H,1H3/t14-/m0/s1. The molecule has 0 bridgehead atoms. The van der Waals surface area contributed by atoms with Crippen molar-refractivity contribution in [2.45, 2.75) is 6.17 Å². The summed E-state index contributed by atoms with van der Waals surface area (Å²) in [5.41, 5.74) is 1.32. The van der Waals surface area contributed by atoms with E-state index in [0.29, 0.717) is 21.9 Å². The maximum absolute atomic E-state index is 12.2. The van der Waals surface area contributed by atoms with Crippen LogP contribution in [0.3, 0.4) is 0 Å². The molecular weight excluding hydrogens is 272 g/mol. The van der Waals surface area contributed by atoms with E-state index in [2.05, 4.69) is 5.32 Å². The summed E-state index contributed by atoms with van der Waals surface area (Å²) in [5, 5.41) is 23.9. The van der Waals surface area contributed by atoms with Crippen molar-refractivity contribution in [3.63, 3.8) is 0 Å². The van der Waals surface area contributed by atoms with E-state index in [1.54, 1.807) is 42.5 Å². The van der Waals surface area contributed by atoms with Crippen LogP contribution in [0.4, 0.5) is 5.69 Å². The molecule has 1 atom stereocenters. The highest BCUT2D eigenvalue weighted by Crippen LogP contribution is 2.39. The number of para-hydroxylation sites is 2. The average molecular weight is 286 g/mol. The molecule has 0 aliphatic carbocycles. The van der Waals surface area contributed by atoms with Crippen LogP contribution in [0.25, 0.3) is 0 Å². The van der Waals surface area contributed by atoms with E-state index in [4.69, 9.17) is 4.74 Å². The lowest BCUT2D eigenvalue weighted by atomic mass is 10.0. The second kappa shape index (κ2) is 4.99. The fourth-order valence-corrected chi connectivity index (χ4v) is 2.38. The van der Waals surface area contributed by atoms with Gasteiger partial charge in [0.2, 0.25) is 0 Å². The second-order valence-corrected chi connectivity index (χ2v) is 4.64. The smallest absolute Gasteiger partial charge is 0.281 e. The van der Waals surface area contributed by atoms with Gasteiger partial charge in [-0.15, -0.1) is 0 Å². The Labute approximate surface area is 121 Å². The predicted molar refractivity (Wildman–Crippen MR) is 75.4 cm³/mol. The lowest BCUT2D eigenvalue weighted by Gasteiger charge is -2.33. The van der Waals surface area contributed by atoms with Crippen LogP contribution in [0.1, 0.15) is 22.1 Å². The van der Waals surface area contributed by atoms with Crippen LogP contribution in [-0.4, -0.2) is 28.4 Å². The van der Waals surface area contributed by atoms with Gasteiger partial charge in [-0.1, -0.05) is 24.3 Å². The quantitative estimate of drug-likeness (QED) is 0.738. The number of phenolic OH excluding ortho intramolecular Hbond substituents is 1. The fraction of sp³-hybridized carbons (Fsp3) is 0.133. The topological polar surface area (TPSA) is 82.0 Å². The molecule has 1 heterocycles. The monoisotopic (exact) mass is 286 g/mol. The molecule has 1 amide bonds. The molecule has 0 radical (unpaired) electrons. The molecule has 3 rings (SSSR count). The van der Waals surface area contributed by atoms with Crippen LogP contribution in [0.5, 0.6) is 11.5 Å². The third kappa shape index (κ3) is 2.05. The number of methoxy groups -OCH3 is 1. The SMILES string of the molecule is COc1cccc([C@H]2Nc3ccccc3C(=O)N2O)c1O. The number of carbonyl (C=O) groups is 1. The minimum absolute atomic E-state index is 0.122. The number of ether oxygens (including phenoxy) is 1. The van der Waals surface area contributed by atoms with Crippen molar-refractivity contribution in [1.29, 1.82) is 0 Å². The van der Waals surface area contributed by atoms with E-state index in [0.717, 1.165) is 0 Å². The van der Waals surface area contributed by atoms with E-state index in [9.17, 15) is 15.1 Å². The average Bonchev–Trinajstić information content (AvgIpc) is 2.51. The largest absolute Gasteiger partial charge is 0.504 e. The van der Waals surface area contributed by atoms with Crippen molar-refractivity contribution in [3.8, 4) is 11.5 Å². The van der Waals surface area contributed by atoms with Gasteiger partial charge in [0.25, 0.3) is 5.91 Å². The number of hydrogen-bond donors (Lipinski definition) is 3. The lowest BCUT2D eigenvalue weighted by molar-refractivity contribution is -0.0855. The number of hydroxylamine groups is 2. The van der Waals surface area contributed by atoms with Gasteiger partial charge in [-0.05, 0) is 18.2 Å². The van der Waals surface area contributed by atoms with Crippen LogP contribution in [0, 0.1) is 0 Å². The minimum atomic E-state index is -0.887. The Morgan fingerprint density at radius 1 is 1.19 bits per heavy atom. The molecule has 108 valence electrons. The molecule has 6 nitrogen and oxygen atoms in total. The number of nitrogens with one attached hydrogen (secondary N) is 1. The number of amides is 1. The summed E-state index contributed by atoms with van der Waals surface area (Å²) >= 11 is 0. The van der Waals surface area contributed by atoms with E-state index in [-0.39, 0.29) is 11.5 Å². The highest BCUT2D eigenvalue weighted by molar-refractivity contribution is 6.01. The Hall–Kier alpha value is -2.73. The number of fused-ring (bicyclic) bond motifs is 1. The van der Waals surface area contributed by atoms with Crippen LogP contribution in [-0.2, 0) is 0 Å². The first kappa shape index (κ1) is 13.3. The predicted octanol–water partition coefficient (Wildman–Crippen LogP) is 2.36. The third-order valence-electron chi connectivity index (χ3n) is 3.45. The molecule has 2 aromatic carbocycles. The summed E-state index contributed by atoms with van der Waals surface area (Å²) in [5.74, 6) is -0.380. The van der Waals surface area contributed by atoms with Crippen molar-refractivity contribution in [2.75, 3.05) is 12.4 Å². The van der Waals surface area contributed by atoms with Gasteiger partial charge in [-0.2, -0.15) is 5.06 Å². The Morgan fingerprint density at radius 2 is 1.95 bits per heavy atom. The van der Waals surface area contributed by atoms with Gasteiger partial charge in [-0.3, -0.25) is 10.0 Å². The normalized spacial score (nSPS) is 17.1. The Morgan fingerprint density at radius 3 is 2.71 bits per heavy atom. The number of nitrogens with zero attached hydrogens (tertiary/aromatic N) is 1. The Kier molecular flexibility index (Phi) is 3.15. The van der Waals surface area contributed by atoms with E-state index >= 15 is 0 Å². The van der Waals surface area contributed by atoms with Gasteiger partial charge < -0.3 is 15.2 Å². The molecule has 0 aromatic heterocycles. The number of anilines is 1. The molecule has 0 saturated heterocycles. The molecule has 1 aliphatic rings. The number of hydrogen-bond acceptors (Lipinski definition) is 5. The van der Waals surface area contributed by atoms with Gasteiger partial charge in [0.15, 0.2) is 17.7 Å². The zero-order chi connectivity index (χ0) is 15.0. The lowest BCUT2D eigenvalue weighted by Crippen LogP contribution is -2.40. The summed E-state index contributed by atoms with van der Waals surface area (Å²) in [4.78, 5) is 12.2. The van der Waals surface area contributed by atoms with Crippen LogP contribution in [0.15, 0.2) is 42.5 Å². The van der Waals surface area contributed by atoms with Gasteiger partial charge >= 0.3 is 0 Å². The van der Waals surface area contributed by atoms with E-state index < -0.39 is 12.1 Å². The first-order valence-electron chi connectivity index (χ1n) is 6.37. The Bertz CT molecular complexity index is 702. The molecule has 0 spiro atoms. The van der Waals surface area contributed by atoms with Gasteiger partial charge in [0.05, 0.1) is 12.7 Å². The van der Waals surface area contributed by atoms with Gasteiger partial charge in [-0.25, -0.2) is 0 Å². The summed E-state index contributed by atoms with van der Waals surface area (Å²) < 4.78 is 5.05. The molecule has 1 aliphatic heterocycles. The zero-order valence-electron chi connectivity index (χ0n) is 11.3. The minimum Gasteiger partial charge on any atom is -0.504 e. The van der Waals surface area contributed by atoms with Crippen molar-refractivity contribution in [2.24, 2.45) is 0 Å². The number of phenols is 1. The molecular formula is C15H14N2O4. The van der Waals surface area contributed by atoms with Crippen molar-refractivity contribution in [1.82, 2.24) is 5.06 Å². The number of aromatic hydroxyl groups is 1. The molecule has 2 aromatic rings. The van der Waals surface area contributed by atoms with Crippen LogP contribution >= 0.6 is 0 Å². The summed E-state index contributed by atoms with van der Waals surface area (Å²) in [7, 11) is 1.43. The summed E-state index contributed by atoms with van der Waals surface area (Å²) in [6.07, 6.45) is -0.887. The summed E-state index contributed by atoms with van der Waals surface area (Å²) in [6, 6.07) is 11.7. The van der Waals surface area contributed by atoms with Gasteiger partial charge in [0, 0.05) is 11.3 Å². The molecule has 0 unspecified atom stereocenters. The number of benzene rings is 2. The molecule has 0 fully saturated rings.